The lowest BCUT2D eigenvalue weighted by Crippen LogP contribution is -2.33. The average molecular weight is 352 g/mol. The number of aliphatic hydroxyl groups is 2. The van der Waals surface area contributed by atoms with Crippen LogP contribution in [-0.2, 0) is 14.3 Å². The largest absolute Gasteiger partial charge is 0.463 e. The molecule has 0 aromatic carbocycles. The van der Waals surface area contributed by atoms with E-state index in [-0.39, 0.29) is 25.2 Å². The second-order valence-electron chi connectivity index (χ2n) is 5.34. The molecule has 0 aliphatic carbocycles. The van der Waals surface area contributed by atoms with Gasteiger partial charge in [0, 0.05) is 18.7 Å². The Hall–Kier alpha value is -2.49. The molecule has 1 aromatic heterocycles. The summed E-state index contributed by atoms with van der Waals surface area (Å²) >= 11 is 0. The predicted molar refractivity (Wildman–Crippen MR) is 87.7 cm³/mol. The summed E-state index contributed by atoms with van der Waals surface area (Å²) in [6, 6.07) is 0. The van der Waals surface area contributed by atoms with Crippen LogP contribution in [0.2, 0.25) is 0 Å². The quantitative estimate of drug-likeness (QED) is 0.351. The lowest BCUT2D eigenvalue weighted by molar-refractivity contribution is -0.137. The number of esters is 1. The van der Waals surface area contributed by atoms with Crippen molar-refractivity contribution in [2.24, 2.45) is 0 Å². The number of rotatable bonds is 6. The molecule has 9 heteroatoms. The highest BCUT2D eigenvalue weighted by Crippen LogP contribution is 2.27. The molecule has 1 saturated heterocycles. The Morgan fingerprint density at radius 3 is 2.88 bits per heavy atom. The van der Waals surface area contributed by atoms with Crippen LogP contribution in [-0.4, -0.2) is 51.2 Å². The molecule has 0 spiro atoms. The molecule has 0 radical (unpaired) electrons. The van der Waals surface area contributed by atoms with Crippen molar-refractivity contribution in [1.29, 1.82) is 0 Å². The fourth-order valence-electron chi connectivity index (χ4n) is 2.37. The minimum atomic E-state index is -0.902. The molecule has 2 heterocycles. The van der Waals surface area contributed by atoms with Crippen LogP contribution in [0.1, 0.15) is 25.1 Å². The van der Waals surface area contributed by atoms with E-state index in [9.17, 15) is 19.5 Å². The number of ether oxygens (including phenoxy) is 2. The Labute approximate surface area is 142 Å². The van der Waals surface area contributed by atoms with Crippen LogP contribution in [0.3, 0.4) is 0 Å². The normalized spacial score (nSPS) is 23.6. The fraction of sp³-hybridized carbons (Fsp3) is 0.438. The lowest BCUT2D eigenvalue weighted by atomic mass is 10.2. The number of allylic oxidation sites excluding steroid dienone is 2. The number of carbonyl (C=O) groups is 1. The second kappa shape index (κ2) is 8.56. The predicted octanol–water partition coefficient (Wildman–Crippen LogP) is -0.690. The van der Waals surface area contributed by atoms with Gasteiger partial charge in [-0.3, -0.25) is 14.3 Å². The molecule has 136 valence electrons. The molecule has 1 aliphatic heterocycles. The molecular formula is C16H20N2O7. The summed E-state index contributed by atoms with van der Waals surface area (Å²) in [5.41, 5.74) is -1.11. The van der Waals surface area contributed by atoms with Crippen molar-refractivity contribution in [3.63, 3.8) is 0 Å². The lowest BCUT2D eigenvalue weighted by Gasteiger charge is -2.14. The minimum absolute atomic E-state index is 0.114. The fourth-order valence-corrected chi connectivity index (χ4v) is 2.37. The van der Waals surface area contributed by atoms with Gasteiger partial charge in [-0.25, -0.2) is 9.59 Å². The first-order valence-electron chi connectivity index (χ1n) is 7.77. The highest BCUT2D eigenvalue weighted by atomic mass is 16.5. The molecule has 3 N–H and O–H groups in total. The van der Waals surface area contributed by atoms with Crippen LogP contribution < -0.4 is 11.2 Å². The molecule has 3 atom stereocenters. The zero-order chi connectivity index (χ0) is 18.4. The Morgan fingerprint density at radius 1 is 1.48 bits per heavy atom. The van der Waals surface area contributed by atoms with Gasteiger partial charge in [-0.2, -0.15) is 0 Å². The van der Waals surface area contributed by atoms with Gasteiger partial charge in [-0.05, 0) is 13.0 Å². The van der Waals surface area contributed by atoms with Gasteiger partial charge in [0.1, 0.15) is 12.3 Å². The summed E-state index contributed by atoms with van der Waals surface area (Å²) in [5, 5.41) is 18.9. The van der Waals surface area contributed by atoms with E-state index in [0.717, 1.165) is 4.57 Å². The molecule has 1 fully saturated rings. The Bertz CT molecular complexity index is 777. The molecule has 9 nitrogen and oxygen atoms in total. The average Bonchev–Trinajstić information content (AvgIpc) is 2.94. The van der Waals surface area contributed by atoms with Gasteiger partial charge >= 0.3 is 11.7 Å². The van der Waals surface area contributed by atoms with Crippen molar-refractivity contribution >= 4 is 12.0 Å². The molecule has 0 amide bonds. The Morgan fingerprint density at radius 2 is 2.24 bits per heavy atom. The van der Waals surface area contributed by atoms with Crippen LogP contribution in [0.15, 0.2) is 34.0 Å². The third kappa shape index (κ3) is 4.75. The van der Waals surface area contributed by atoms with Gasteiger partial charge in [0.25, 0.3) is 5.56 Å². The third-order valence-electron chi connectivity index (χ3n) is 3.60. The van der Waals surface area contributed by atoms with Gasteiger partial charge in [-0.1, -0.05) is 12.2 Å². The standard InChI is InChI=1S/C16H20N2O7/c1-2-24-14(21)6-4-3-5-10-8-18(16(23)17-15(10)22)13-7-11(20)12(9-19)25-13/h3-6,8,11-13,19-20H,2,7,9H2,1H3,(H,17,22,23)/t11?,12-,13-/m0/s1. The number of aliphatic hydroxyl groups excluding tert-OH is 2. The number of hydrogen-bond donors (Lipinski definition) is 3. The second-order valence-corrected chi connectivity index (χ2v) is 5.34. The first kappa shape index (κ1) is 18.8. The van der Waals surface area contributed by atoms with E-state index < -0.39 is 35.7 Å². The maximum Gasteiger partial charge on any atom is 0.330 e. The van der Waals surface area contributed by atoms with E-state index in [1.54, 1.807) is 6.92 Å². The summed E-state index contributed by atoms with van der Waals surface area (Å²) in [7, 11) is 0. The van der Waals surface area contributed by atoms with Gasteiger partial charge < -0.3 is 19.7 Å². The van der Waals surface area contributed by atoms with Crippen molar-refractivity contribution < 1.29 is 24.5 Å². The van der Waals surface area contributed by atoms with Gasteiger partial charge in [0.05, 0.1) is 24.9 Å². The smallest absolute Gasteiger partial charge is 0.330 e. The molecule has 1 aliphatic rings. The van der Waals surface area contributed by atoms with Gasteiger partial charge in [-0.15, -0.1) is 0 Å². The SMILES string of the molecule is CCOC(=O)C=CC=Cc1cn([C@@H]2CC(O)[C@H](CO)O2)c(=O)[nH]c1=O. The van der Waals surface area contributed by atoms with Crippen molar-refractivity contribution in [3.8, 4) is 0 Å². The van der Waals surface area contributed by atoms with E-state index in [0.29, 0.717) is 0 Å². The summed E-state index contributed by atoms with van der Waals surface area (Å²) < 4.78 is 11.3. The van der Waals surface area contributed by atoms with Crippen LogP contribution in [0, 0.1) is 0 Å². The number of carbonyl (C=O) groups excluding carboxylic acids is 1. The summed E-state index contributed by atoms with van der Waals surface area (Å²) in [6.07, 6.45) is 4.42. The van der Waals surface area contributed by atoms with Crippen LogP contribution in [0.4, 0.5) is 0 Å². The summed E-state index contributed by atoms with van der Waals surface area (Å²) in [4.78, 5) is 37.1. The summed E-state index contributed by atoms with van der Waals surface area (Å²) in [5.74, 6) is -0.505. The minimum Gasteiger partial charge on any atom is -0.463 e. The highest BCUT2D eigenvalue weighted by Gasteiger charge is 2.35. The highest BCUT2D eigenvalue weighted by molar-refractivity contribution is 5.82. The topological polar surface area (TPSA) is 131 Å². The molecule has 1 unspecified atom stereocenters. The zero-order valence-corrected chi connectivity index (χ0v) is 13.6. The van der Waals surface area contributed by atoms with E-state index in [1.807, 2.05) is 0 Å². The number of hydrogen-bond acceptors (Lipinski definition) is 7. The van der Waals surface area contributed by atoms with E-state index in [1.165, 1.54) is 30.5 Å². The third-order valence-corrected chi connectivity index (χ3v) is 3.60. The first-order valence-corrected chi connectivity index (χ1v) is 7.77. The monoisotopic (exact) mass is 352 g/mol. The van der Waals surface area contributed by atoms with Crippen molar-refractivity contribution in [2.75, 3.05) is 13.2 Å². The van der Waals surface area contributed by atoms with E-state index in [2.05, 4.69) is 4.98 Å². The Kier molecular flexibility index (Phi) is 6.45. The van der Waals surface area contributed by atoms with Crippen molar-refractivity contribution in [3.05, 3.63) is 50.8 Å². The molecule has 0 saturated carbocycles. The zero-order valence-electron chi connectivity index (χ0n) is 13.6. The number of H-pyrrole nitrogens is 1. The van der Waals surface area contributed by atoms with Crippen LogP contribution >= 0.6 is 0 Å². The van der Waals surface area contributed by atoms with E-state index >= 15 is 0 Å². The number of aromatic nitrogens is 2. The number of nitrogens with one attached hydrogen (secondary N) is 1. The molecule has 25 heavy (non-hydrogen) atoms. The molecule has 0 bridgehead atoms. The van der Waals surface area contributed by atoms with Gasteiger partial charge in [0.2, 0.25) is 0 Å². The maximum absolute atomic E-state index is 12.0. The van der Waals surface area contributed by atoms with Crippen molar-refractivity contribution in [1.82, 2.24) is 9.55 Å². The molecular weight excluding hydrogens is 332 g/mol. The summed E-state index contributed by atoms with van der Waals surface area (Å²) in [6.45, 7) is 1.58. The number of nitrogens with zero attached hydrogens (tertiary/aromatic N) is 1. The molecule has 2 rings (SSSR count). The Balaban J connectivity index is 2.19. The molecule has 1 aromatic rings. The maximum atomic E-state index is 12.0. The van der Waals surface area contributed by atoms with Crippen LogP contribution in [0.5, 0.6) is 0 Å². The first-order chi connectivity index (χ1) is 12.0. The van der Waals surface area contributed by atoms with Crippen LogP contribution in [0.25, 0.3) is 6.08 Å². The van der Waals surface area contributed by atoms with Crippen molar-refractivity contribution in [2.45, 2.75) is 31.8 Å². The van der Waals surface area contributed by atoms with Gasteiger partial charge in [0.15, 0.2) is 0 Å². The van der Waals surface area contributed by atoms with E-state index in [4.69, 9.17) is 14.6 Å². The number of aromatic amines is 1.